The molecule has 110 valence electrons. The molecule has 3 rings (SSSR count). The van der Waals surface area contributed by atoms with Crippen LogP contribution in [0.15, 0.2) is 24.1 Å². The summed E-state index contributed by atoms with van der Waals surface area (Å²) in [7, 11) is 0. The highest BCUT2D eigenvalue weighted by atomic mass is 32.1. The first-order valence-corrected chi connectivity index (χ1v) is 7.56. The molecule has 1 atom stereocenters. The van der Waals surface area contributed by atoms with Gasteiger partial charge in [0.15, 0.2) is 0 Å². The topological polar surface area (TPSA) is 77.1 Å². The second kappa shape index (κ2) is 5.28. The number of carbonyl (C=O) groups is 1. The van der Waals surface area contributed by atoms with Gasteiger partial charge in [0.1, 0.15) is 5.51 Å². The summed E-state index contributed by atoms with van der Waals surface area (Å²) in [5.74, 6) is -0.154. The number of rotatable bonds is 4. The summed E-state index contributed by atoms with van der Waals surface area (Å²) in [6.45, 7) is 5.93. The predicted molar refractivity (Wildman–Crippen MR) is 79.4 cm³/mol. The lowest BCUT2D eigenvalue weighted by Gasteiger charge is -2.10. The normalized spacial score (nSPS) is 13.0. The molecule has 0 saturated heterocycles. The lowest BCUT2D eigenvalue weighted by molar-refractivity contribution is 0.0939. The Morgan fingerprint density at radius 3 is 2.76 bits per heavy atom. The largest absolute Gasteiger partial charge is 0.344 e. The molecule has 1 N–H and O–H groups in total. The van der Waals surface area contributed by atoms with Crippen molar-refractivity contribution in [3.63, 3.8) is 0 Å². The molecule has 0 radical (unpaired) electrons. The Bertz CT molecular complexity index is 742. The molecule has 0 spiro atoms. The maximum absolute atomic E-state index is 12.2. The highest BCUT2D eigenvalue weighted by Crippen LogP contribution is 2.16. The van der Waals surface area contributed by atoms with Gasteiger partial charge in [-0.25, -0.2) is 9.50 Å². The number of nitrogens with zero attached hydrogens (tertiary/aromatic N) is 5. The van der Waals surface area contributed by atoms with Crippen LogP contribution in [-0.4, -0.2) is 30.3 Å². The average molecular weight is 304 g/mol. The maximum Gasteiger partial charge on any atom is 0.254 e. The summed E-state index contributed by atoms with van der Waals surface area (Å²) in [4.78, 5) is 17.5. The van der Waals surface area contributed by atoms with Crippen molar-refractivity contribution in [2.45, 2.75) is 32.9 Å². The Hall–Kier alpha value is -2.22. The minimum Gasteiger partial charge on any atom is -0.344 e. The molecule has 0 aliphatic heterocycles. The van der Waals surface area contributed by atoms with E-state index in [0.717, 1.165) is 10.7 Å². The van der Waals surface area contributed by atoms with Gasteiger partial charge in [-0.2, -0.15) is 10.2 Å². The van der Waals surface area contributed by atoms with E-state index in [1.54, 1.807) is 27.1 Å². The number of fused-ring (bicyclic) bond motifs is 1. The molecule has 0 saturated carbocycles. The summed E-state index contributed by atoms with van der Waals surface area (Å²) in [6.07, 6.45) is 5.16. The Kier molecular flexibility index (Phi) is 3.46. The third-order valence-corrected chi connectivity index (χ3v) is 3.88. The van der Waals surface area contributed by atoms with Crippen molar-refractivity contribution in [1.82, 2.24) is 29.7 Å². The molecule has 0 fully saturated rings. The van der Waals surface area contributed by atoms with E-state index in [1.165, 1.54) is 11.3 Å². The monoisotopic (exact) mass is 304 g/mol. The molecule has 8 heteroatoms. The van der Waals surface area contributed by atoms with Crippen LogP contribution >= 0.6 is 11.3 Å². The summed E-state index contributed by atoms with van der Waals surface area (Å²) >= 11 is 1.46. The van der Waals surface area contributed by atoms with Gasteiger partial charge < -0.3 is 5.32 Å². The molecule has 1 amide bonds. The predicted octanol–water partition coefficient (Wildman–Crippen LogP) is 2.06. The molecule has 0 aliphatic carbocycles. The maximum atomic E-state index is 12.2. The molecule has 7 nitrogen and oxygen atoms in total. The fourth-order valence-corrected chi connectivity index (χ4v) is 2.56. The highest BCUT2D eigenvalue weighted by Gasteiger charge is 2.16. The summed E-state index contributed by atoms with van der Waals surface area (Å²) in [5.41, 5.74) is 3.07. The number of nitrogens with one attached hydrogen (secondary N) is 1. The Morgan fingerprint density at radius 2 is 2.10 bits per heavy atom. The van der Waals surface area contributed by atoms with Crippen molar-refractivity contribution < 1.29 is 4.79 Å². The SMILES string of the molecule is CC(C)n1cc(C(=O)N[C@H](C)c2cn3ncsc3n2)cn1. The zero-order chi connectivity index (χ0) is 15.0. The van der Waals surface area contributed by atoms with E-state index in [9.17, 15) is 4.79 Å². The molecular weight excluding hydrogens is 288 g/mol. The first-order chi connectivity index (χ1) is 10.0. The molecular formula is C13H16N6OS. The van der Waals surface area contributed by atoms with Gasteiger partial charge in [-0.15, -0.1) is 0 Å². The average Bonchev–Trinajstić information content (AvgIpc) is 3.13. The Labute approximate surface area is 125 Å². The van der Waals surface area contributed by atoms with Gasteiger partial charge in [-0.1, -0.05) is 11.3 Å². The van der Waals surface area contributed by atoms with Gasteiger partial charge in [0.25, 0.3) is 5.91 Å². The van der Waals surface area contributed by atoms with Crippen LogP contribution in [0.2, 0.25) is 0 Å². The summed E-state index contributed by atoms with van der Waals surface area (Å²) in [6, 6.07) is 0.0452. The van der Waals surface area contributed by atoms with Gasteiger partial charge in [-0.05, 0) is 20.8 Å². The number of aromatic nitrogens is 5. The van der Waals surface area contributed by atoms with Crippen LogP contribution in [0, 0.1) is 0 Å². The van der Waals surface area contributed by atoms with E-state index in [2.05, 4.69) is 20.5 Å². The van der Waals surface area contributed by atoms with Crippen LogP contribution in [-0.2, 0) is 0 Å². The number of hydrogen-bond donors (Lipinski definition) is 1. The van der Waals surface area contributed by atoms with Gasteiger partial charge in [0.05, 0.1) is 29.7 Å². The zero-order valence-corrected chi connectivity index (χ0v) is 12.8. The summed E-state index contributed by atoms with van der Waals surface area (Å²) in [5, 5.41) is 11.2. The lowest BCUT2D eigenvalue weighted by atomic mass is 10.2. The van der Waals surface area contributed by atoms with Crippen LogP contribution in [0.1, 0.15) is 48.9 Å². The van der Waals surface area contributed by atoms with E-state index >= 15 is 0 Å². The molecule has 3 aromatic rings. The fraction of sp³-hybridized carbons (Fsp3) is 0.385. The van der Waals surface area contributed by atoms with Crippen LogP contribution in [0.25, 0.3) is 4.96 Å². The third kappa shape index (κ3) is 2.66. The Morgan fingerprint density at radius 1 is 1.29 bits per heavy atom. The molecule has 0 unspecified atom stereocenters. The third-order valence-electron chi connectivity index (χ3n) is 3.19. The van der Waals surface area contributed by atoms with Crippen LogP contribution < -0.4 is 5.32 Å². The van der Waals surface area contributed by atoms with Crippen molar-refractivity contribution in [3.05, 3.63) is 35.4 Å². The van der Waals surface area contributed by atoms with Crippen molar-refractivity contribution in [3.8, 4) is 0 Å². The minimum absolute atomic E-state index is 0.154. The molecule has 3 aromatic heterocycles. The van der Waals surface area contributed by atoms with E-state index in [1.807, 2.05) is 27.0 Å². The number of imidazole rings is 1. The van der Waals surface area contributed by atoms with E-state index in [4.69, 9.17) is 0 Å². The summed E-state index contributed by atoms with van der Waals surface area (Å²) < 4.78 is 3.47. The first-order valence-electron chi connectivity index (χ1n) is 6.68. The van der Waals surface area contributed by atoms with Crippen molar-refractivity contribution in [2.75, 3.05) is 0 Å². The highest BCUT2D eigenvalue weighted by molar-refractivity contribution is 7.14. The van der Waals surface area contributed by atoms with Crippen molar-refractivity contribution in [1.29, 1.82) is 0 Å². The molecule has 21 heavy (non-hydrogen) atoms. The number of amides is 1. The van der Waals surface area contributed by atoms with Gasteiger partial charge >= 0.3 is 0 Å². The number of hydrogen-bond acceptors (Lipinski definition) is 5. The minimum atomic E-state index is -0.186. The van der Waals surface area contributed by atoms with Gasteiger partial charge in [0, 0.05) is 12.2 Å². The van der Waals surface area contributed by atoms with Crippen molar-refractivity contribution in [2.24, 2.45) is 0 Å². The second-order valence-electron chi connectivity index (χ2n) is 5.13. The zero-order valence-electron chi connectivity index (χ0n) is 12.0. The quantitative estimate of drug-likeness (QED) is 0.800. The molecule has 3 heterocycles. The molecule has 0 aromatic carbocycles. The van der Waals surface area contributed by atoms with Gasteiger partial charge in [0.2, 0.25) is 4.96 Å². The molecule has 0 aliphatic rings. The van der Waals surface area contributed by atoms with Gasteiger partial charge in [-0.3, -0.25) is 9.48 Å². The Balaban J connectivity index is 1.72. The first kappa shape index (κ1) is 13.7. The van der Waals surface area contributed by atoms with E-state index in [-0.39, 0.29) is 18.0 Å². The number of carbonyl (C=O) groups excluding carboxylic acids is 1. The van der Waals surface area contributed by atoms with Crippen molar-refractivity contribution >= 4 is 22.2 Å². The van der Waals surface area contributed by atoms with Crippen LogP contribution in [0.5, 0.6) is 0 Å². The van der Waals surface area contributed by atoms with Crippen LogP contribution in [0.4, 0.5) is 0 Å². The smallest absolute Gasteiger partial charge is 0.254 e. The van der Waals surface area contributed by atoms with E-state index in [0.29, 0.717) is 5.56 Å². The fourth-order valence-electron chi connectivity index (χ4n) is 1.96. The van der Waals surface area contributed by atoms with E-state index < -0.39 is 0 Å². The molecule has 0 bridgehead atoms. The van der Waals surface area contributed by atoms with Crippen LogP contribution in [0.3, 0.4) is 0 Å². The lowest BCUT2D eigenvalue weighted by Crippen LogP contribution is -2.26. The second-order valence-corrected chi connectivity index (χ2v) is 5.94. The standard InChI is InChI=1S/C13H16N6OS/c1-8(2)18-5-10(4-14-18)12(20)16-9(3)11-6-19-13(17-11)21-7-15-19/h4-9H,1-3H3,(H,16,20)/t9-/m1/s1.